The summed E-state index contributed by atoms with van der Waals surface area (Å²) in [4.78, 5) is 0. The lowest BCUT2D eigenvalue weighted by Crippen LogP contribution is -2.07. The van der Waals surface area contributed by atoms with Crippen LogP contribution in [0.4, 0.5) is 0 Å². The van der Waals surface area contributed by atoms with Crippen LogP contribution in [0.15, 0.2) is 6.07 Å². The molecule has 3 nitrogen and oxygen atoms in total. The molecule has 1 aromatic carbocycles. The fraction of sp³-hybridized carbons (Fsp3) is 0.571. The summed E-state index contributed by atoms with van der Waals surface area (Å²) in [5.41, 5.74) is 9.16. The van der Waals surface area contributed by atoms with E-state index in [1.165, 1.54) is 11.1 Å². The molecule has 1 atom stereocenters. The number of ether oxygens (including phenoxy) is 2. The van der Waals surface area contributed by atoms with Crippen molar-refractivity contribution in [3.05, 3.63) is 22.8 Å². The van der Waals surface area contributed by atoms with Gasteiger partial charge >= 0.3 is 0 Å². The van der Waals surface area contributed by atoms with Crippen molar-refractivity contribution < 1.29 is 9.47 Å². The SMILES string of the molecule is COc1c(C(C)CCN)cc(C)c(C)c1OC. The number of hydrogen-bond donors (Lipinski definition) is 1. The Morgan fingerprint density at radius 1 is 1.18 bits per heavy atom. The van der Waals surface area contributed by atoms with Crippen LogP contribution < -0.4 is 15.2 Å². The predicted molar refractivity (Wildman–Crippen MR) is 71.1 cm³/mol. The van der Waals surface area contributed by atoms with Crippen LogP contribution in [-0.2, 0) is 0 Å². The van der Waals surface area contributed by atoms with Gasteiger partial charge in [0.25, 0.3) is 0 Å². The van der Waals surface area contributed by atoms with E-state index in [1.54, 1.807) is 14.2 Å². The molecule has 0 bridgehead atoms. The maximum absolute atomic E-state index is 5.62. The Hall–Kier alpha value is -1.22. The number of rotatable bonds is 5. The van der Waals surface area contributed by atoms with Gasteiger partial charge < -0.3 is 15.2 Å². The molecule has 17 heavy (non-hydrogen) atoms. The van der Waals surface area contributed by atoms with Crippen molar-refractivity contribution in [2.45, 2.75) is 33.1 Å². The van der Waals surface area contributed by atoms with Crippen molar-refractivity contribution in [1.82, 2.24) is 0 Å². The van der Waals surface area contributed by atoms with Crippen LogP contribution in [0, 0.1) is 13.8 Å². The second-order valence-electron chi connectivity index (χ2n) is 4.45. The van der Waals surface area contributed by atoms with E-state index in [0.29, 0.717) is 12.5 Å². The minimum absolute atomic E-state index is 0.378. The summed E-state index contributed by atoms with van der Waals surface area (Å²) in [6.07, 6.45) is 0.946. The Balaban J connectivity index is 3.33. The van der Waals surface area contributed by atoms with Gasteiger partial charge in [-0.05, 0) is 43.9 Å². The topological polar surface area (TPSA) is 44.5 Å². The minimum Gasteiger partial charge on any atom is -0.493 e. The molecule has 96 valence electrons. The molecular weight excluding hydrogens is 214 g/mol. The molecule has 0 saturated heterocycles. The Labute approximate surface area is 104 Å². The van der Waals surface area contributed by atoms with Gasteiger partial charge in [-0.15, -0.1) is 0 Å². The van der Waals surface area contributed by atoms with Crippen LogP contribution in [0.2, 0.25) is 0 Å². The van der Waals surface area contributed by atoms with Gasteiger partial charge in [0.05, 0.1) is 14.2 Å². The highest BCUT2D eigenvalue weighted by Crippen LogP contribution is 2.40. The van der Waals surface area contributed by atoms with E-state index in [1.807, 2.05) is 6.92 Å². The molecule has 1 aromatic rings. The lowest BCUT2D eigenvalue weighted by atomic mass is 9.92. The van der Waals surface area contributed by atoms with Gasteiger partial charge in [0.1, 0.15) is 0 Å². The third-order valence-electron chi connectivity index (χ3n) is 3.31. The molecular formula is C14H23NO2. The molecule has 0 heterocycles. The van der Waals surface area contributed by atoms with Crippen LogP contribution in [0.25, 0.3) is 0 Å². The van der Waals surface area contributed by atoms with Crippen LogP contribution in [0.1, 0.15) is 36.0 Å². The van der Waals surface area contributed by atoms with Crippen LogP contribution >= 0.6 is 0 Å². The number of benzene rings is 1. The van der Waals surface area contributed by atoms with Crippen molar-refractivity contribution in [2.24, 2.45) is 5.73 Å². The molecule has 0 amide bonds. The summed E-state index contributed by atoms with van der Waals surface area (Å²) in [5.74, 6) is 2.06. The average Bonchev–Trinajstić information content (AvgIpc) is 2.32. The summed E-state index contributed by atoms with van der Waals surface area (Å²) >= 11 is 0. The van der Waals surface area contributed by atoms with Gasteiger partial charge in [-0.3, -0.25) is 0 Å². The van der Waals surface area contributed by atoms with E-state index in [9.17, 15) is 0 Å². The van der Waals surface area contributed by atoms with Gasteiger partial charge in [-0.25, -0.2) is 0 Å². The fourth-order valence-corrected chi connectivity index (χ4v) is 2.12. The Kier molecular flexibility index (Phi) is 4.82. The average molecular weight is 237 g/mol. The first-order chi connectivity index (χ1) is 8.06. The summed E-state index contributed by atoms with van der Waals surface area (Å²) in [6.45, 7) is 6.99. The van der Waals surface area contributed by atoms with Gasteiger partial charge in [0.15, 0.2) is 11.5 Å². The highest BCUT2D eigenvalue weighted by atomic mass is 16.5. The van der Waals surface area contributed by atoms with E-state index < -0.39 is 0 Å². The molecule has 1 unspecified atom stereocenters. The van der Waals surface area contributed by atoms with Gasteiger partial charge in [0.2, 0.25) is 0 Å². The van der Waals surface area contributed by atoms with Crippen LogP contribution in [-0.4, -0.2) is 20.8 Å². The second kappa shape index (κ2) is 5.92. The highest BCUT2D eigenvalue weighted by Gasteiger charge is 2.18. The molecule has 0 saturated carbocycles. The standard InChI is InChI=1S/C14H23NO2/c1-9(6-7-15)12-8-10(2)11(3)13(16-4)14(12)17-5/h8-9H,6-7,15H2,1-5H3. The summed E-state index contributed by atoms with van der Waals surface area (Å²) in [5, 5.41) is 0. The number of nitrogens with two attached hydrogens (primary N) is 1. The van der Waals surface area contributed by atoms with Crippen molar-refractivity contribution in [2.75, 3.05) is 20.8 Å². The number of aryl methyl sites for hydroxylation is 1. The van der Waals surface area contributed by atoms with E-state index in [2.05, 4.69) is 19.9 Å². The zero-order valence-electron chi connectivity index (χ0n) is 11.5. The van der Waals surface area contributed by atoms with Gasteiger partial charge in [-0.1, -0.05) is 13.0 Å². The zero-order chi connectivity index (χ0) is 13.0. The van der Waals surface area contributed by atoms with E-state index in [4.69, 9.17) is 15.2 Å². The largest absolute Gasteiger partial charge is 0.493 e. The van der Waals surface area contributed by atoms with Crippen molar-refractivity contribution in [3.8, 4) is 11.5 Å². The lowest BCUT2D eigenvalue weighted by Gasteiger charge is -2.20. The van der Waals surface area contributed by atoms with Crippen molar-refractivity contribution >= 4 is 0 Å². The molecule has 0 radical (unpaired) electrons. The molecule has 1 rings (SSSR count). The third kappa shape index (κ3) is 2.72. The molecule has 0 aliphatic carbocycles. The monoisotopic (exact) mass is 237 g/mol. The first kappa shape index (κ1) is 13.8. The summed E-state index contributed by atoms with van der Waals surface area (Å²) in [7, 11) is 3.37. The number of hydrogen-bond acceptors (Lipinski definition) is 3. The van der Waals surface area contributed by atoms with Crippen LogP contribution in [0.3, 0.4) is 0 Å². The van der Waals surface area contributed by atoms with Crippen molar-refractivity contribution in [1.29, 1.82) is 0 Å². The Morgan fingerprint density at radius 2 is 1.76 bits per heavy atom. The minimum atomic E-state index is 0.378. The Morgan fingerprint density at radius 3 is 2.24 bits per heavy atom. The second-order valence-corrected chi connectivity index (χ2v) is 4.45. The van der Waals surface area contributed by atoms with E-state index in [-0.39, 0.29) is 0 Å². The predicted octanol–water partition coefficient (Wildman–Crippen LogP) is 2.77. The van der Waals surface area contributed by atoms with Gasteiger partial charge in [0, 0.05) is 5.56 Å². The summed E-state index contributed by atoms with van der Waals surface area (Å²) in [6, 6.07) is 2.18. The molecule has 0 fully saturated rings. The molecule has 3 heteroatoms. The smallest absolute Gasteiger partial charge is 0.164 e. The quantitative estimate of drug-likeness (QED) is 0.856. The zero-order valence-corrected chi connectivity index (χ0v) is 11.5. The fourth-order valence-electron chi connectivity index (χ4n) is 2.12. The highest BCUT2D eigenvalue weighted by molar-refractivity contribution is 5.55. The van der Waals surface area contributed by atoms with E-state index in [0.717, 1.165) is 23.5 Å². The van der Waals surface area contributed by atoms with Crippen LogP contribution in [0.5, 0.6) is 11.5 Å². The normalized spacial score (nSPS) is 12.4. The molecule has 2 N–H and O–H groups in total. The molecule has 0 aliphatic heterocycles. The molecule has 0 spiro atoms. The third-order valence-corrected chi connectivity index (χ3v) is 3.31. The first-order valence-electron chi connectivity index (χ1n) is 5.98. The molecule has 0 aliphatic rings. The number of methoxy groups -OCH3 is 2. The summed E-state index contributed by atoms with van der Waals surface area (Å²) < 4.78 is 11.0. The van der Waals surface area contributed by atoms with Gasteiger partial charge in [-0.2, -0.15) is 0 Å². The van der Waals surface area contributed by atoms with E-state index >= 15 is 0 Å². The van der Waals surface area contributed by atoms with Crippen molar-refractivity contribution in [3.63, 3.8) is 0 Å². The lowest BCUT2D eigenvalue weighted by molar-refractivity contribution is 0.347. The maximum Gasteiger partial charge on any atom is 0.164 e. The molecule has 0 aromatic heterocycles. The first-order valence-corrected chi connectivity index (χ1v) is 5.98. The Bertz CT molecular complexity index is 388. The maximum atomic E-state index is 5.62.